The van der Waals surface area contributed by atoms with E-state index in [9.17, 15) is 14.4 Å². The first-order chi connectivity index (χ1) is 14.3. The number of halogens is 1. The molecule has 0 saturated carbocycles. The zero-order chi connectivity index (χ0) is 22.4. The van der Waals surface area contributed by atoms with Crippen molar-refractivity contribution in [2.45, 2.75) is 27.7 Å². The number of nitrogens with zero attached hydrogens (tertiary/aromatic N) is 1. The van der Waals surface area contributed by atoms with Crippen LogP contribution in [0.25, 0.3) is 0 Å². The number of ether oxygens (including phenoxy) is 2. The summed E-state index contributed by atoms with van der Waals surface area (Å²) in [5, 5.41) is 3.34. The summed E-state index contributed by atoms with van der Waals surface area (Å²) in [7, 11) is 1.44. The van der Waals surface area contributed by atoms with Gasteiger partial charge in [-0.25, -0.2) is 4.79 Å². The Morgan fingerprint density at radius 3 is 2.40 bits per heavy atom. The van der Waals surface area contributed by atoms with Crippen molar-refractivity contribution in [3.63, 3.8) is 0 Å². The Labute approximate surface area is 184 Å². The maximum absolute atomic E-state index is 12.9. The molecule has 0 aliphatic carbocycles. The standard InChI is InChI=1S/C21H25ClN2O5S/c1-6-24(7-2)20(26)17-12(4)16(21(27)29-8-3)19(30-17)23-18(25)14-11-13(22)9-10-15(14)28-5/h9-11H,6-8H2,1-5H3,(H,23,25). The quantitative estimate of drug-likeness (QED) is 0.590. The van der Waals surface area contributed by atoms with Crippen LogP contribution in [0, 0.1) is 6.92 Å². The molecule has 7 nitrogen and oxygen atoms in total. The lowest BCUT2D eigenvalue weighted by molar-refractivity contribution is 0.0527. The van der Waals surface area contributed by atoms with Crippen LogP contribution in [-0.4, -0.2) is 49.5 Å². The third-order valence-corrected chi connectivity index (χ3v) is 5.93. The number of carbonyl (C=O) groups is 3. The highest BCUT2D eigenvalue weighted by Gasteiger charge is 2.29. The van der Waals surface area contributed by atoms with Gasteiger partial charge in [-0.3, -0.25) is 9.59 Å². The summed E-state index contributed by atoms with van der Waals surface area (Å²) in [5.74, 6) is -0.975. The van der Waals surface area contributed by atoms with E-state index >= 15 is 0 Å². The van der Waals surface area contributed by atoms with E-state index in [4.69, 9.17) is 21.1 Å². The predicted molar refractivity (Wildman–Crippen MR) is 118 cm³/mol. The molecule has 0 radical (unpaired) electrons. The van der Waals surface area contributed by atoms with E-state index in [1.807, 2.05) is 13.8 Å². The molecule has 0 saturated heterocycles. The number of rotatable bonds is 8. The number of hydrogen-bond donors (Lipinski definition) is 1. The second-order valence-electron chi connectivity index (χ2n) is 6.26. The average molecular weight is 453 g/mol. The van der Waals surface area contributed by atoms with Crippen LogP contribution in [0.4, 0.5) is 5.00 Å². The second-order valence-corrected chi connectivity index (χ2v) is 7.71. The number of esters is 1. The number of methoxy groups -OCH3 is 1. The van der Waals surface area contributed by atoms with E-state index in [0.29, 0.717) is 34.3 Å². The first-order valence-corrected chi connectivity index (χ1v) is 10.7. The van der Waals surface area contributed by atoms with E-state index in [2.05, 4.69) is 5.32 Å². The van der Waals surface area contributed by atoms with Crippen molar-refractivity contribution in [3.8, 4) is 5.75 Å². The number of hydrogen-bond acceptors (Lipinski definition) is 6. The Hall–Kier alpha value is -2.58. The molecule has 162 valence electrons. The van der Waals surface area contributed by atoms with Crippen molar-refractivity contribution in [3.05, 3.63) is 44.8 Å². The third kappa shape index (κ3) is 4.94. The lowest BCUT2D eigenvalue weighted by Gasteiger charge is -2.18. The maximum Gasteiger partial charge on any atom is 0.341 e. The van der Waals surface area contributed by atoms with Crippen molar-refractivity contribution in [1.29, 1.82) is 0 Å². The van der Waals surface area contributed by atoms with Crippen LogP contribution in [0.3, 0.4) is 0 Å². The van der Waals surface area contributed by atoms with Crippen molar-refractivity contribution in [2.24, 2.45) is 0 Å². The van der Waals surface area contributed by atoms with Crippen molar-refractivity contribution in [2.75, 3.05) is 32.1 Å². The number of carbonyl (C=O) groups excluding carboxylic acids is 3. The van der Waals surface area contributed by atoms with Gasteiger partial charge < -0.3 is 19.7 Å². The van der Waals surface area contributed by atoms with Crippen LogP contribution in [-0.2, 0) is 4.74 Å². The minimum atomic E-state index is -0.599. The number of nitrogens with one attached hydrogen (secondary N) is 1. The summed E-state index contributed by atoms with van der Waals surface area (Å²) in [6.45, 7) is 8.36. The van der Waals surface area contributed by atoms with Gasteiger partial charge >= 0.3 is 5.97 Å². The van der Waals surface area contributed by atoms with E-state index in [-0.39, 0.29) is 28.6 Å². The first-order valence-electron chi connectivity index (χ1n) is 9.53. The Kier molecular flexibility index (Phi) is 8.25. The largest absolute Gasteiger partial charge is 0.496 e. The molecule has 0 aliphatic heterocycles. The van der Waals surface area contributed by atoms with E-state index in [0.717, 1.165) is 11.3 Å². The zero-order valence-corrected chi connectivity index (χ0v) is 19.2. The zero-order valence-electron chi connectivity index (χ0n) is 17.6. The van der Waals surface area contributed by atoms with Gasteiger partial charge in [0.2, 0.25) is 0 Å². The highest BCUT2D eigenvalue weighted by Crippen LogP contribution is 2.35. The number of amides is 2. The van der Waals surface area contributed by atoms with E-state index in [1.54, 1.807) is 30.9 Å². The Morgan fingerprint density at radius 2 is 1.83 bits per heavy atom. The van der Waals surface area contributed by atoms with Gasteiger partial charge in [-0.1, -0.05) is 11.6 Å². The van der Waals surface area contributed by atoms with E-state index < -0.39 is 11.9 Å². The van der Waals surface area contributed by atoms with Gasteiger partial charge in [0.05, 0.1) is 29.7 Å². The van der Waals surface area contributed by atoms with Crippen LogP contribution < -0.4 is 10.1 Å². The SMILES string of the molecule is CCOC(=O)c1c(NC(=O)c2cc(Cl)ccc2OC)sc(C(=O)N(CC)CC)c1C. The van der Waals surface area contributed by atoms with Crippen LogP contribution in [0.5, 0.6) is 5.75 Å². The van der Waals surface area contributed by atoms with Crippen molar-refractivity contribution >= 4 is 45.7 Å². The van der Waals surface area contributed by atoms with Gasteiger partial charge in [-0.05, 0) is 51.5 Å². The summed E-state index contributed by atoms with van der Waals surface area (Å²) in [6.07, 6.45) is 0. The molecule has 0 unspecified atom stereocenters. The predicted octanol–water partition coefficient (Wildman–Crippen LogP) is 4.63. The molecule has 0 bridgehead atoms. The Morgan fingerprint density at radius 1 is 1.17 bits per heavy atom. The molecule has 1 N–H and O–H groups in total. The van der Waals surface area contributed by atoms with Gasteiger partial charge in [0.1, 0.15) is 10.8 Å². The van der Waals surface area contributed by atoms with Crippen molar-refractivity contribution < 1.29 is 23.9 Å². The lowest BCUT2D eigenvalue weighted by atomic mass is 10.1. The average Bonchev–Trinajstić information content (AvgIpc) is 3.04. The minimum Gasteiger partial charge on any atom is -0.496 e. The van der Waals surface area contributed by atoms with Gasteiger partial charge in [0, 0.05) is 18.1 Å². The molecule has 9 heteroatoms. The number of benzene rings is 1. The molecule has 30 heavy (non-hydrogen) atoms. The Bertz CT molecular complexity index is 953. The summed E-state index contributed by atoms with van der Waals surface area (Å²) >= 11 is 7.07. The van der Waals surface area contributed by atoms with Gasteiger partial charge in [0.15, 0.2) is 0 Å². The molecule has 0 atom stereocenters. The minimum absolute atomic E-state index is 0.170. The van der Waals surface area contributed by atoms with Crippen LogP contribution in [0.15, 0.2) is 18.2 Å². The van der Waals surface area contributed by atoms with Crippen LogP contribution in [0.1, 0.15) is 56.7 Å². The van der Waals surface area contributed by atoms with Gasteiger partial charge in [-0.15, -0.1) is 11.3 Å². The third-order valence-electron chi connectivity index (χ3n) is 4.50. The Balaban J connectivity index is 2.51. The molecule has 0 fully saturated rings. The normalized spacial score (nSPS) is 10.5. The summed E-state index contributed by atoms with van der Waals surface area (Å²) in [5.41, 5.74) is 0.859. The van der Waals surface area contributed by atoms with Crippen LogP contribution >= 0.6 is 22.9 Å². The summed E-state index contributed by atoms with van der Waals surface area (Å²) in [6, 6.07) is 4.66. The molecule has 0 spiro atoms. The van der Waals surface area contributed by atoms with Crippen molar-refractivity contribution in [1.82, 2.24) is 4.90 Å². The molecular formula is C21H25ClN2O5S. The van der Waals surface area contributed by atoms with Gasteiger partial charge in [0.25, 0.3) is 11.8 Å². The fourth-order valence-electron chi connectivity index (χ4n) is 2.94. The molecule has 0 aliphatic rings. The second kappa shape index (κ2) is 10.4. The number of anilines is 1. The first kappa shape index (κ1) is 23.7. The summed E-state index contributed by atoms with van der Waals surface area (Å²) in [4.78, 5) is 40.5. The maximum atomic E-state index is 12.9. The molecule has 2 aromatic rings. The smallest absolute Gasteiger partial charge is 0.341 e. The monoisotopic (exact) mass is 452 g/mol. The van der Waals surface area contributed by atoms with Crippen LogP contribution in [0.2, 0.25) is 5.02 Å². The molecule has 1 heterocycles. The molecule has 1 aromatic carbocycles. The fourth-order valence-corrected chi connectivity index (χ4v) is 4.27. The van der Waals surface area contributed by atoms with E-state index in [1.165, 1.54) is 13.2 Å². The highest BCUT2D eigenvalue weighted by atomic mass is 35.5. The topological polar surface area (TPSA) is 84.9 Å². The fraction of sp³-hybridized carbons (Fsp3) is 0.381. The molecule has 2 amide bonds. The number of thiophene rings is 1. The molecule has 2 rings (SSSR count). The lowest BCUT2D eigenvalue weighted by Crippen LogP contribution is -2.30. The van der Waals surface area contributed by atoms with Gasteiger partial charge in [-0.2, -0.15) is 0 Å². The highest BCUT2D eigenvalue weighted by molar-refractivity contribution is 7.18. The summed E-state index contributed by atoms with van der Waals surface area (Å²) < 4.78 is 10.4. The molecule has 1 aromatic heterocycles. The molecular weight excluding hydrogens is 428 g/mol.